The van der Waals surface area contributed by atoms with Gasteiger partial charge in [0.05, 0.1) is 0 Å². The van der Waals surface area contributed by atoms with Crippen LogP contribution in [0.5, 0.6) is 0 Å². The number of fused-ring (bicyclic) bond motifs is 1. The molecule has 2 amide bonds. The normalized spacial score (nSPS) is 15.9. The summed E-state index contributed by atoms with van der Waals surface area (Å²) in [5.74, 6) is -0.141. The minimum Gasteiger partial charge on any atom is -0.480 e. The van der Waals surface area contributed by atoms with Gasteiger partial charge in [-0.15, -0.1) is 0 Å². The Bertz CT molecular complexity index is 656. The number of piperidine rings is 1. The highest BCUT2D eigenvalue weighted by molar-refractivity contribution is 5.80. The average molecular weight is 303 g/mol. The lowest BCUT2D eigenvalue weighted by Gasteiger charge is -2.30. The first kappa shape index (κ1) is 14.4. The van der Waals surface area contributed by atoms with Crippen molar-refractivity contribution in [1.82, 2.24) is 15.2 Å². The lowest BCUT2D eigenvalue weighted by Crippen LogP contribution is -2.45. The number of carbonyl (C=O) groups excluding carboxylic acids is 1. The Morgan fingerprint density at radius 1 is 1.32 bits per heavy atom. The second kappa shape index (κ2) is 6.05. The van der Waals surface area contributed by atoms with Crippen LogP contribution in [-0.4, -0.2) is 46.6 Å². The highest BCUT2D eigenvalue weighted by Crippen LogP contribution is 2.29. The van der Waals surface area contributed by atoms with E-state index in [1.807, 2.05) is 24.3 Å². The average Bonchev–Trinajstić information content (AvgIpc) is 2.96. The Hall–Kier alpha value is -2.57. The van der Waals surface area contributed by atoms with Gasteiger partial charge in [-0.2, -0.15) is 0 Å². The van der Waals surface area contributed by atoms with Gasteiger partial charge in [-0.25, -0.2) is 9.78 Å². The summed E-state index contributed by atoms with van der Waals surface area (Å²) in [4.78, 5) is 28.4. The molecule has 1 aliphatic heterocycles. The van der Waals surface area contributed by atoms with Crippen molar-refractivity contribution in [3.05, 3.63) is 30.2 Å². The molecule has 116 valence electrons. The van der Waals surface area contributed by atoms with E-state index >= 15 is 0 Å². The number of carbonyl (C=O) groups is 2. The predicted molar refractivity (Wildman–Crippen MR) is 78.6 cm³/mol. The molecule has 0 aliphatic carbocycles. The third-order valence-electron chi connectivity index (χ3n) is 3.83. The third kappa shape index (κ3) is 3.03. The number of nitrogens with one attached hydrogen (secondary N) is 1. The van der Waals surface area contributed by atoms with Gasteiger partial charge in [-0.1, -0.05) is 12.1 Å². The molecule has 1 saturated heterocycles. The predicted octanol–water partition coefficient (Wildman–Crippen LogP) is 1.80. The molecule has 0 spiro atoms. The quantitative estimate of drug-likeness (QED) is 0.901. The maximum Gasteiger partial charge on any atom is 0.323 e. The number of amides is 2. The third-order valence-corrected chi connectivity index (χ3v) is 3.83. The van der Waals surface area contributed by atoms with Crippen molar-refractivity contribution < 1.29 is 19.1 Å². The van der Waals surface area contributed by atoms with Crippen molar-refractivity contribution in [2.24, 2.45) is 0 Å². The van der Waals surface area contributed by atoms with Crippen molar-refractivity contribution in [3.8, 4) is 0 Å². The fraction of sp³-hybridized carbons (Fsp3) is 0.400. The van der Waals surface area contributed by atoms with Crippen molar-refractivity contribution in [3.63, 3.8) is 0 Å². The van der Waals surface area contributed by atoms with E-state index in [4.69, 9.17) is 9.52 Å². The number of aliphatic carboxylic acids is 1. The monoisotopic (exact) mass is 303 g/mol. The van der Waals surface area contributed by atoms with Crippen LogP contribution in [0.3, 0.4) is 0 Å². The minimum atomic E-state index is -1.05. The molecule has 1 aliphatic rings. The molecule has 1 aromatic heterocycles. The number of hydrogen-bond acceptors (Lipinski definition) is 4. The minimum absolute atomic E-state index is 0.191. The van der Waals surface area contributed by atoms with Gasteiger partial charge in [0, 0.05) is 19.0 Å². The Kier molecular flexibility index (Phi) is 3.95. The van der Waals surface area contributed by atoms with Crippen molar-refractivity contribution in [1.29, 1.82) is 0 Å². The number of carboxylic acids is 1. The molecular formula is C15H17N3O4. The number of benzene rings is 1. The van der Waals surface area contributed by atoms with E-state index in [1.165, 1.54) is 0 Å². The van der Waals surface area contributed by atoms with Gasteiger partial charge in [-0.05, 0) is 25.0 Å². The van der Waals surface area contributed by atoms with E-state index in [0.717, 1.165) is 23.9 Å². The summed E-state index contributed by atoms with van der Waals surface area (Å²) in [5.41, 5.74) is 1.62. The number of likely N-dealkylation sites (tertiary alicyclic amines) is 1. The van der Waals surface area contributed by atoms with Crippen LogP contribution in [0.25, 0.3) is 11.1 Å². The zero-order valence-electron chi connectivity index (χ0n) is 12.0. The SMILES string of the molecule is O=C(O)CNC(=O)N1CCC(c2nc3ccccc3o2)CC1. The molecule has 0 atom stereocenters. The van der Waals surface area contributed by atoms with Gasteiger partial charge in [0.15, 0.2) is 11.5 Å². The Labute approximate surface area is 126 Å². The number of hydrogen-bond donors (Lipinski definition) is 2. The van der Waals surface area contributed by atoms with Crippen LogP contribution < -0.4 is 5.32 Å². The number of carboxylic acid groups (broad SMARTS) is 1. The second-order valence-corrected chi connectivity index (χ2v) is 5.33. The van der Waals surface area contributed by atoms with E-state index in [9.17, 15) is 9.59 Å². The fourth-order valence-corrected chi connectivity index (χ4v) is 2.66. The van der Waals surface area contributed by atoms with Crippen LogP contribution in [0.1, 0.15) is 24.7 Å². The van der Waals surface area contributed by atoms with Crippen LogP contribution in [0.2, 0.25) is 0 Å². The lowest BCUT2D eigenvalue weighted by molar-refractivity contribution is -0.135. The number of urea groups is 1. The molecule has 2 N–H and O–H groups in total. The fourth-order valence-electron chi connectivity index (χ4n) is 2.66. The molecule has 2 heterocycles. The van der Waals surface area contributed by atoms with Gasteiger partial charge in [0.1, 0.15) is 12.1 Å². The summed E-state index contributed by atoms with van der Waals surface area (Å²) in [7, 11) is 0. The number of aromatic nitrogens is 1. The molecule has 7 heteroatoms. The second-order valence-electron chi connectivity index (χ2n) is 5.33. The summed E-state index contributed by atoms with van der Waals surface area (Å²) in [6, 6.07) is 7.30. The van der Waals surface area contributed by atoms with Gasteiger partial charge in [0.25, 0.3) is 0 Å². The van der Waals surface area contributed by atoms with Crippen LogP contribution in [0.4, 0.5) is 4.79 Å². The lowest BCUT2D eigenvalue weighted by atomic mass is 9.97. The maximum atomic E-state index is 11.8. The van der Waals surface area contributed by atoms with Crippen LogP contribution in [-0.2, 0) is 4.79 Å². The van der Waals surface area contributed by atoms with E-state index in [-0.39, 0.29) is 18.5 Å². The number of rotatable bonds is 3. The van der Waals surface area contributed by atoms with Crippen LogP contribution >= 0.6 is 0 Å². The molecule has 2 aromatic rings. The summed E-state index contributed by atoms with van der Waals surface area (Å²) >= 11 is 0. The van der Waals surface area contributed by atoms with Crippen molar-refractivity contribution >= 4 is 23.1 Å². The molecule has 3 rings (SSSR count). The van der Waals surface area contributed by atoms with Gasteiger partial charge in [-0.3, -0.25) is 4.79 Å². The zero-order chi connectivity index (χ0) is 15.5. The molecule has 0 unspecified atom stereocenters. The van der Waals surface area contributed by atoms with Crippen molar-refractivity contribution in [2.45, 2.75) is 18.8 Å². The highest BCUT2D eigenvalue weighted by Gasteiger charge is 2.27. The summed E-state index contributed by atoms with van der Waals surface area (Å²) in [6.45, 7) is 0.771. The molecule has 0 radical (unpaired) electrons. The molecule has 0 bridgehead atoms. The molecule has 0 saturated carbocycles. The van der Waals surface area contributed by atoms with Crippen molar-refractivity contribution in [2.75, 3.05) is 19.6 Å². The Morgan fingerprint density at radius 3 is 2.73 bits per heavy atom. The van der Waals surface area contributed by atoms with Crippen LogP contribution in [0, 0.1) is 0 Å². The first-order valence-corrected chi connectivity index (χ1v) is 7.23. The van der Waals surface area contributed by atoms with E-state index in [1.54, 1.807) is 4.90 Å². The first-order valence-electron chi connectivity index (χ1n) is 7.23. The standard InChI is InChI=1S/C15H17N3O4/c19-13(20)9-16-15(21)18-7-5-10(6-8-18)14-17-11-3-1-2-4-12(11)22-14/h1-4,10H,5-9H2,(H,16,21)(H,19,20). The summed E-state index contributed by atoms with van der Waals surface area (Å²) < 4.78 is 5.77. The van der Waals surface area contributed by atoms with Gasteiger partial charge < -0.3 is 19.7 Å². The molecule has 7 nitrogen and oxygen atoms in total. The van der Waals surface area contributed by atoms with E-state index < -0.39 is 5.97 Å². The molecule has 1 fully saturated rings. The molecule has 1 aromatic carbocycles. The largest absolute Gasteiger partial charge is 0.480 e. The summed E-state index contributed by atoms with van der Waals surface area (Å²) in [6.07, 6.45) is 1.51. The zero-order valence-corrected chi connectivity index (χ0v) is 12.0. The number of oxazole rings is 1. The van der Waals surface area contributed by atoms with Crippen LogP contribution in [0.15, 0.2) is 28.7 Å². The summed E-state index contributed by atoms with van der Waals surface area (Å²) in [5, 5.41) is 10.9. The first-order chi connectivity index (χ1) is 10.6. The topological polar surface area (TPSA) is 95.7 Å². The maximum absolute atomic E-state index is 11.8. The Morgan fingerprint density at radius 2 is 2.05 bits per heavy atom. The molecular weight excluding hydrogens is 286 g/mol. The number of para-hydroxylation sites is 2. The smallest absolute Gasteiger partial charge is 0.323 e. The van der Waals surface area contributed by atoms with Gasteiger partial charge in [0.2, 0.25) is 0 Å². The highest BCUT2D eigenvalue weighted by atomic mass is 16.4. The molecule has 22 heavy (non-hydrogen) atoms. The van der Waals surface area contributed by atoms with E-state index in [2.05, 4.69) is 10.3 Å². The van der Waals surface area contributed by atoms with E-state index in [0.29, 0.717) is 19.0 Å². The van der Waals surface area contributed by atoms with Gasteiger partial charge >= 0.3 is 12.0 Å². The Balaban J connectivity index is 1.59. The number of nitrogens with zero attached hydrogens (tertiary/aromatic N) is 2.